The van der Waals surface area contributed by atoms with Gasteiger partial charge < -0.3 is 5.32 Å². The molecule has 0 radical (unpaired) electrons. The Kier molecular flexibility index (Phi) is 1.32. The van der Waals surface area contributed by atoms with Gasteiger partial charge in [-0.15, -0.1) is 5.10 Å². The van der Waals surface area contributed by atoms with Crippen LogP contribution in [0.2, 0.25) is 0 Å². The molecule has 0 spiro atoms. The molecule has 0 aliphatic carbocycles. The fraction of sp³-hybridized carbons (Fsp3) is 0.400. The molecule has 1 aromatic heterocycles. The number of aliphatic imine (C=N–C) groups is 1. The van der Waals surface area contributed by atoms with Crippen molar-refractivity contribution in [1.29, 1.82) is 0 Å². The molecule has 0 saturated heterocycles. The SMILES string of the molecule is Cn1nnc2c1NC(Cl)=NC2. The molecule has 0 fully saturated rings. The lowest BCUT2D eigenvalue weighted by molar-refractivity contribution is 0.721. The van der Waals surface area contributed by atoms with E-state index in [1.165, 1.54) is 0 Å². The number of halogens is 1. The van der Waals surface area contributed by atoms with Gasteiger partial charge >= 0.3 is 0 Å². The van der Waals surface area contributed by atoms with Gasteiger partial charge in [-0.3, -0.25) is 4.99 Å². The summed E-state index contributed by atoms with van der Waals surface area (Å²) in [7, 11) is 1.80. The molecular formula is C5H6ClN5. The zero-order chi connectivity index (χ0) is 7.84. The number of nitrogens with zero attached hydrogens (tertiary/aromatic N) is 4. The summed E-state index contributed by atoms with van der Waals surface area (Å²) in [5.41, 5.74) is 0.830. The lowest BCUT2D eigenvalue weighted by Gasteiger charge is -2.08. The van der Waals surface area contributed by atoms with Crippen LogP contribution in [0.1, 0.15) is 5.69 Å². The molecule has 0 unspecified atom stereocenters. The van der Waals surface area contributed by atoms with E-state index in [4.69, 9.17) is 11.6 Å². The van der Waals surface area contributed by atoms with Crippen molar-refractivity contribution in [2.75, 3.05) is 5.32 Å². The second-order valence-electron chi connectivity index (χ2n) is 2.24. The number of hydrogen-bond acceptors (Lipinski definition) is 4. The molecule has 0 bridgehead atoms. The van der Waals surface area contributed by atoms with Crippen LogP contribution in [0.4, 0.5) is 5.82 Å². The van der Waals surface area contributed by atoms with Gasteiger partial charge in [-0.2, -0.15) is 0 Å². The first kappa shape index (κ1) is 6.60. The van der Waals surface area contributed by atoms with Crippen LogP contribution in [-0.4, -0.2) is 20.3 Å². The highest BCUT2D eigenvalue weighted by atomic mass is 35.5. The Morgan fingerprint density at radius 2 is 2.45 bits per heavy atom. The van der Waals surface area contributed by atoms with Crippen molar-refractivity contribution in [3.63, 3.8) is 0 Å². The first-order chi connectivity index (χ1) is 5.27. The molecule has 1 N–H and O–H groups in total. The quantitative estimate of drug-likeness (QED) is 0.573. The highest BCUT2D eigenvalue weighted by molar-refractivity contribution is 6.67. The monoisotopic (exact) mass is 171 g/mol. The number of aromatic nitrogens is 3. The molecular weight excluding hydrogens is 166 g/mol. The van der Waals surface area contributed by atoms with Gasteiger partial charge in [0.25, 0.3) is 0 Å². The number of rotatable bonds is 0. The minimum atomic E-state index is 0.392. The molecule has 0 atom stereocenters. The van der Waals surface area contributed by atoms with E-state index in [-0.39, 0.29) is 0 Å². The summed E-state index contributed by atoms with van der Waals surface area (Å²) >= 11 is 5.64. The van der Waals surface area contributed by atoms with Crippen LogP contribution < -0.4 is 5.32 Å². The molecule has 1 aromatic rings. The summed E-state index contributed by atoms with van der Waals surface area (Å²) < 4.78 is 1.63. The predicted octanol–water partition coefficient (Wildman–Crippen LogP) is 0.335. The Bertz CT molecular complexity index is 315. The van der Waals surface area contributed by atoms with Gasteiger partial charge in [-0.05, 0) is 11.6 Å². The fourth-order valence-corrected chi connectivity index (χ4v) is 1.09. The van der Waals surface area contributed by atoms with E-state index in [1.807, 2.05) is 0 Å². The van der Waals surface area contributed by atoms with E-state index in [2.05, 4.69) is 20.6 Å². The average molecular weight is 172 g/mol. The van der Waals surface area contributed by atoms with Gasteiger partial charge in [-0.1, -0.05) is 5.21 Å². The van der Waals surface area contributed by atoms with Crippen LogP contribution in [0.3, 0.4) is 0 Å². The Morgan fingerprint density at radius 3 is 3.27 bits per heavy atom. The van der Waals surface area contributed by atoms with E-state index in [9.17, 15) is 0 Å². The lowest BCUT2D eigenvalue weighted by Crippen LogP contribution is -2.14. The Balaban J connectivity index is 2.44. The van der Waals surface area contributed by atoms with Crippen molar-refractivity contribution >= 4 is 22.7 Å². The van der Waals surface area contributed by atoms with Crippen molar-refractivity contribution < 1.29 is 0 Å². The van der Waals surface area contributed by atoms with E-state index < -0.39 is 0 Å². The molecule has 2 heterocycles. The second-order valence-corrected chi connectivity index (χ2v) is 2.60. The summed E-state index contributed by atoms with van der Waals surface area (Å²) in [6.07, 6.45) is 0. The summed E-state index contributed by atoms with van der Waals surface area (Å²) in [5, 5.41) is 10.9. The Hall–Kier alpha value is -1.10. The number of hydrogen-bond donors (Lipinski definition) is 1. The molecule has 0 aromatic carbocycles. The van der Waals surface area contributed by atoms with E-state index in [0.717, 1.165) is 11.5 Å². The highest BCUT2D eigenvalue weighted by Crippen LogP contribution is 2.16. The Labute approximate surface area is 68.1 Å². The van der Waals surface area contributed by atoms with Gasteiger partial charge in [0.1, 0.15) is 5.69 Å². The summed E-state index contributed by atoms with van der Waals surface area (Å²) in [6, 6.07) is 0. The second kappa shape index (κ2) is 2.20. The maximum Gasteiger partial charge on any atom is 0.197 e. The van der Waals surface area contributed by atoms with Gasteiger partial charge in [0, 0.05) is 7.05 Å². The largest absolute Gasteiger partial charge is 0.314 e. The number of fused-ring (bicyclic) bond motifs is 1. The number of anilines is 1. The molecule has 1 aliphatic rings. The van der Waals surface area contributed by atoms with Crippen molar-refractivity contribution in [2.24, 2.45) is 12.0 Å². The number of nitrogens with one attached hydrogen (secondary N) is 1. The van der Waals surface area contributed by atoms with Crippen molar-refractivity contribution in [3.8, 4) is 0 Å². The summed E-state index contributed by atoms with van der Waals surface area (Å²) in [6.45, 7) is 0.509. The number of amidine groups is 1. The van der Waals surface area contributed by atoms with Gasteiger partial charge in [0.2, 0.25) is 0 Å². The highest BCUT2D eigenvalue weighted by Gasteiger charge is 2.15. The topological polar surface area (TPSA) is 55.1 Å². The van der Waals surface area contributed by atoms with Crippen molar-refractivity contribution in [2.45, 2.75) is 6.54 Å². The van der Waals surface area contributed by atoms with Gasteiger partial charge in [0.15, 0.2) is 11.1 Å². The van der Waals surface area contributed by atoms with Crippen LogP contribution in [0.15, 0.2) is 4.99 Å². The predicted molar refractivity (Wildman–Crippen MR) is 41.6 cm³/mol. The Morgan fingerprint density at radius 1 is 1.64 bits per heavy atom. The van der Waals surface area contributed by atoms with E-state index in [1.54, 1.807) is 11.7 Å². The average Bonchev–Trinajstić information content (AvgIpc) is 2.33. The fourth-order valence-electron chi connectivity index (χ4n) is 0.941. The van der Waals surface area contributed by atoms with Crippen LogP contribution in [0.5, 0.6) is 0 Å². The van der Waals surface area contributed by atoms with E-state index >= 15 is 0 Å². The summed E-state index contributed by atoms with van der Waals surface area (Å²) in [5.74, 6) is 0.824. The third kappa shape index (κ3) is 0.970. The summed E-state index contributed by atoms with van der Waals surface area (Å²) in [4.78, 5) is 3.94. The molecule has 6 heteroatoms. The van der Waals surface area contributed by atoms with Crippen molar-refractivity contribution in [1.82, 2.24) is 15.0 Å². The van der Waals surface area contributed by atoms with Gasteiger partial charge in [-0.25, -0.2) is 4.68 Å². The van der Waals surface area contributed by atoms with Crippen LogP contribution in [0.25, 0.3) is 0 Å². The third-order valence-corrected chi connectivity index (χ3v) is 1.70. The maximum atomic E-state index is 5.64. The lowest BCUT2D eigenvalue weighted by atomic mass is 10.4. The normalized spacial score (nSPS) is 15.3. The first-order valence-electron chi connectivity index (χ1n) is 3.13. The smallest absolute Gasteiger partial charge is 0.197 e. The van der Waals surface area contributed by atoms with Gasteiger partial charge in [0.05, 0.1) is 6.54 Å². The van der Waals surface area contributed by atoms with Crippen molar-refractivity contribution in [3.05, 3.63) is 5.69 Å². The molecule has 0 saturated carbocycles. The standard InChI is InChI=1S/C5H6ClN5/c1-11-4-3(9-10-11)2-7-5(6)8-4/h2H2,1H3,(H,7,8). The third-order valence-electron chi connectivity index (χ3n) is 1.49. The molecule has 5 nitrogen and oxygen atoms in total. The molecule has 1 aliphatic heterocycles. The first-order valence-corrected chi connectivity index (χ1v) is 3.50. The molecule has 0 amide bonds. The van der Waals surface area contributed by atoms with E-state index in [0.29, 0.717) is 11.8 Å². The maximum absolute atomic E-state index is 5.64. The minimum absolute atomic E-state index is 0.392. The molecule has 11 heavy (non-hydrogen) atoms. The number of aryl methyl sites for hydroxylation is 1. The zero-order valence-corrected chi connectivity index (χ0v) is 6.63. The van der Waals surface area contributed by atoms with Crippen LogP contribution >= 0.6 is 11.6 Å². The molecule has 2 rings (SSSR count). The van der Waals surface area contributed by atoms with Crippen LogP contribution in [0, 0.1) is 0 Å². The minimum Gasteiger partial charge on any atom is -0.314 e. The molecule has 58 valence electrons. The zero-order valence-electron chi connectivity index (χ0n) is 5.87. The van der Waals surface area contributed by atoms with Crippen LogP contribution in [-0.2, 0) is 13.6 Å².